The number of nitrogens with zero attached hydrogens (tertiary/aromatic N) is 2. The van der Waals surface area contributed by atoms with E-state index < -0.39 is 6.10 Å². The van der Waals surface area contributed by atoms with Crippen molar-refractivity contribution >= 4 is 34.0 Å². The molecule has 0 saturated carbocycles. The van der Waals surface area contributed by atoms with E-state index >= 15 is 0 Å². The average molecular weight is 312 g/mol. The summed E-state index contributed by atoms with van der Waals surface area (Å²) in [6.07, 6.45) is -0.639. The standard InChI is InChI=1S/C13H14ClN3O2S/c1-7-6-10(4-5-11(7)14)19-8(2)12(18)15-13-17-16-9(3)20-13/h4-6,8H,1-3H3,(H,15,17,18)/t8-/m1/s1. The lowest BCUT2D eigenvalue weighted by atomic mass is 10.2. The molecule has 0 saturated heterocycles. The van der Waals surface area contributed by atoms with E-state index in [2.05, 4.69) is 15.5 Å². The van der Waals surface area contributed by atoms with Crippen LogP contribution in [-0.2, 0) is 4.79 Å². The first-order valence-electron chi connectivity index (χ1n) is 5.99. The van der Waals surface area contributed by atoms with E-state index in [1.54, 1.807) is 25.1 Å². The van der Waals surface area contributed by atoms with Crippen LogP contribution >= 0.6 is 22.9 Å². The van der Waals surface area contributed by atoms with Crippen LogP contribution in [0.1, 0.15) is 17.5 Å². The molecule has 5 nitrogen and oxygen atoms in total. The summed E-state index contributed by atoms with van der Waals surface area (Å²) in [5, 5.41) is 12.3. The third kappa shape index (κ3) is 3.68. The first kappa shape index (κ1) is 14.7. The molecule has 0 aliphatic rings. The summed E-state index contributed by atoms with van der Waals surface area (Å²) in [7, 11) is 0. The van der Waals surface area contributed by atoms with Gasteiger partial charge in [0.05, 0.1) is 0 Å². The second-order valence-electron chi connectivity index (χ2n) is 4.29. The molecule has 2 aromatic rings. The lowest BCUT2D eigenvalue weighted by molar-refractivity contribution is -0.122. The quantitative estimate of drug-likeness (QED) is 0.941. The topological polar surface area (TPSA) is 64.1 Å². The van der Waals surface area contributed by atoms with Gasteiger partial charge in [0.2, 0.25) is 5.13 Å². The van der Waals surface area contributed by atoms with Crippen molar-refractivity contribution in [2.24, 2.45) is 0 Å². The van der Waals surface area contributed by atoms with Gasteiger partial charge in [-0.2, -0.15) is 0 Å². The summed E-state index contributed by atoms with van der Waals surface area (Å²) in [6.45, 7) is 5.38. The van der Waals surface area contributed by atoms with Crippen molar-refractivity contribution in [3.63, 3.8) is 0 Å². The van der Waals surface area contributed by atoms with Crippen LogP contribution in [-0.4, -0.2) is 22.2 Å². The molecular weight excluding hydrogens is 298 g/mol. The number of rotatable bonds is 4. The third-order valence-electron chi connectivity index (χ3n) is 2.57. The van der Waals surface area contributed by atoms with Crippen LogP contribution in [0.3, 0.4) is 0 Å². The van der Waals surface area contributed by atoms with Crippen LogP contribution in [0, 0.1) is 13.8 Å². The Morgan fingerprint density at radius 3 is 2.75 bits per heavy atom. The van der Waals surface area contributed by atoms with Gasteiger partial charge in [0.25, 0.3) is 5.91 Å². The van der Waals surface area contributed by atoms with Crippen LogP contribution in [0.2, 0.25) is 5.02 Å². The van der Waals surface area contributed by atoms with Gasteiger partial charge in [-0.25, -0.2) is 0 Å². The van der Waals surface area contributed by atoms with Gasteiger partial charge < -0.3 is 4.74 Å². The molecule has 0 bridgehead atoms. The normalized spacial score (nSPS) is 12.0. The van der Waals surface area contributed by atoms with Crippen molar-refractivity contribution in [1.82, 2.24) is 10.2 Å². The number of hydrogen-bond acceptors (Lipinski definition) is 5. The highest BCUT2D eigenvalue weighted by Gasteiger charge is 2.16. The molecule has 1 aromatic carbocycles. The highest BCUT2D eigenvalue weighted by atomic mass is 35.5. The van der Waals surface area contributed by atoms with Crippen molar-refractivity contribution in [2.45, 2.75) is 26.9 Å². The summed E-state index contributed by atoms with van der Waals surface area (Å²) < 4.78 is 5.58. The molecule has 0 unspecified atom stereocenters. The van der Waals surface area contributed by atoms with Gasteiger partial charge in [-0.3, -0.25) is 10.1 Å². The molecule has 1 atom stereocenters. The number of benzene rings is 1. The van der Waals surface area contributed by atoms with Gasteiger partial charge in [0.1, 0.15) is 10.8 Å². The monoisotopic (exact) mass is 311 g/mol. The molecule has 1 N–H and O–H groups in total. The van der Waals surface area contributed by atoms with E-state index in [0.717, 1.165) is 10.6 Å². The molecular formula is C13H14ClN3O2S. The maximum absolute atomic E-state index is 12.0. The molecule has 1 aromatic heterocycles. The van der Waals surface area contributed by atoms with Crippen LogP contribution in [0.5, 0.6) is 5.75 Å². The molecule has 7 heteroatoms. The van der Waals surface area contributed by atoms with E-state index in [0.29, 0.717) is 15.9 Å². The number of nitrogens with one attached hydrogen (secondary N) is 1. The minimum absolute atomic E-state index is 0.270. The van der Waals surface area contributed by atoms with Crippen molar-refractivity contribution in [2.75, 3.05) is 5.32 Å². The summed E-state index contributed by atoms with van der Waals surface area (Å²) in [5.74, 6) is 0.330. The molecule has 1 heterocycles. The van der Waals surface area contributed by atoms with Crippen LogP contribution in [0.15, 0.2) is 18.2 Å². The van der Waals surface area contributed by atoms with Crippen LogP contribution in [0.4, 0.5) is 5.13 Å². The SMILES string of the molecule is Cc1nnc(NC(=O)[C@@H](C)Oc2ccc(Cl)c(C)c2)s1. The highest BCUT2D eigenvalue weighted by Crippen LogP contribution is 2.22. The van der Waals surface area contributed by atoms with Gasteiger partial charge in [-0.15, -0.1) is 10.2 Å². The number of anilines is 1. The average Bonchev–Trinajstić information content (AvgIpc) is 2.79. The lowest BCUT2D eigenvalue weighted by Gasteiger charge is -2.14. The molecule has 1 amide bonds. The van der Waals surface area contributed by atoms with E-state index in [9.17, 15) is 4.79 Å². The first-order chi connectivity index (χ1) is 9.45. The summed E-state index contributed by atoms with van der Waals surface area (Å²) in [4.78, 5) is 12.0. The Morgan fingerprint density at radius 1 is 1.40 bits per heavy atom. The zero-order valence-electron chi connectivity index (χ0n) is 11.3. The molecule has 0 radical (unpaired) electrons. The van der Waals surface area contributed by atoms with E-state index in [1.165, 1.54) is 11.3 Å². The summed E-state index contributed by atoms with van der Waals surface area (Å²) >= 11 is 7.26. The molecule has 2 rings (SSSR count). The Morgan fingerprint density at radius 2 is 2.15 bits per heavy atom. The van der Waals surface area contributed by atoms with Gasteiger partial charge in [-0.05, 0) is 44.5 Å². The van der Waals surface area contributed by atoms with E-state index in [4.69, 9.17) is 16.3 Å². The van der Waals surface area contributed by atoms with Gasteiger partial charge in [-0.1, -0.05) is 22.9 Å². The number of amides is 1. The van der Waals surface area contributed by atoms with Crippen molar-refractivity contribution in [3.05, 3.63) is 33.8 Å². The summed E-state index contributed by atoms with van der Waals surface area (Å²) in [5.41, 5.74) is 0.900. The number of hydrogen-bond donors (Lipinski definition) is 1. The molecule has 0 spiro atoms. The second kappa shape index (κ2) is 6.19. The number of ether oxygens (including phenoxy) is 1. The number of carbonyl (C=O) groups is 1. The minimum atomic E-state index is -0.639. The van der Waals surface area contributed by atoms with E-state index in [-0.39, 0.29) is 5.91 Å². The van der Waals surface area contributed by atoms with Crippen LogP contribution in [0.25, 0.3) is 0 Å². The Bertz CT molecular complexity index is 630. The zero-order valence-corrected chi connectivity index (χ0v) is 12.9. The van der Waals surface area contributed by atoms with Crippen molar-refractivity contribution < 1.29 is 9.53 Å². The predicted octanol–water partition coefficient (Wildman–Crippen LogP) is 3.21. The highest BCUT2D eigenvalue weighted by molar-refractivity contribution is 7.15. The number of aryl methyl sites for hydroxylation is 2. The fourth-order valence-electron chi connectivity index (χ4n) is 1.50. The number of halogens is 1. The maximum Gasteiger partial charge on any atom is 0.266 e. The molecule has 0 aliphatic heterocycles. The van der Waals surface area contributed by atoms with Crippen molar-refractivity contribution in [3.8, 4) is 5.75 Å². The fraction of sp³-hybridized carbons (Fsp3) is 0.308. The molecule has 106 valence electrons. The minimum Gasteiger partial charge on any atom is -0.481 e. The Hall–Kier alpha value is -1.66. The smallest absolute Gasteiger partial charge is 0.266 e. The molecule has 20 heavy (non-hydrogen) atoms. The fourth-order valence-corrected chi connectivity index (χ4v) is 2.21. The predicted molar refractivity (Wildman–Crippen MR) is 79.6 cm³/mol. The number of carbonyl (C=O) groups excluding carboxylic acids is 1. The number of aromatic nitrogens is 2. The largest absolute Gasteiger partial charge is 0.481 e. The van der Waals surface area contributed by atoms with Gasteiger partial charge >= 0.3 is 0 Å². The Kier molecular flexibility index (Phi) is 4.57. The second-order valence-corrected chi connectivity index (χ2v) is 5.88. The Balaban J connectivity index is 1.98. The van der Waals surface area contributed by atoms with Gasteiger partial charge in [0.15, 0.2) is 6.10 Å². The zero-order chi connectivity index (χ0) is 14.7. The first-order valence-corrected chi connectivity index (χ1v) is 7.19. The van der Waals surface area contributed by atoms with Crippen molar-refractivity contribution in [1.29, 1.82) is 0 Å². The van der Waals surface area contributed by atoms with E-state index in [1.807, 2.05) is 13.8 Å². The van der Waals surface area contributed by atoms with Crippen LogP contribution < -0.4 is 10.1 Å². The maximum atomic E-state index is 12.0. The summed E-state index contributed by atoms with van der Waals surface area (Å²) in [6, 6.07) is 5.26. The molecule has 0 fully saturated rings. The van der Waals surface area contributed by atoms with Gasteiger partial charge in [0, 0.05) is 5.02 Å². The third-order valence-corrected chi connectivity index (χ3v) is 3.75. The lowest BCUT2D eigenvalue weighted by Crippen LogP contribution is -2.30. The molecule has 0 aliphatic carbocycles. The Labute approximate surface area is 125 Å².